The van der Waals surface area contributed by atoms with Crippen molar-refractivity contribution in [3.63, 3.8) is 0 Å². The minimum absolute atomic E-state index is 0.0333. The number of nitrogens with one attached hydrogen (secondary N) is 1. The summed E-state index contributed by atoms with van der Waals surface area (Å²) in [5.41, 5.74) is 1.32. The average Bonchev–Trinajstić information content (AvgIpc) is 2.40. The van der Waals surface area contributed by atoms with Crippen LogP contribution in [-0.2, 0) is 4.79 Å². The average molecular weight is 289 g/mol. The van der Waals surface area contributed by atoms with Crippen molar-refractivity contribution in [3.05, 3.63) is 29.3 Å². The van der Waals surface area contributed by atoms with E-state index < -0.39 is 5.97 Å². The second kappa shape index (κ2) is 5.88. The minimum atomic E-state index is -1.02. The van der Waals surface area contributed by atoms with Gasteiger partial charge in [0, 0.05) is 5.92 Å². The summed E-state index contributed by atoms with van der Waals surface area (Å²) in [6.45, 7) is 6.05. The highest BCUT2D eigenvalue weighted by Gasteiger charge is 2.37. The molecule has 0 bridgehead atoms. The number of anilines is 1. The van der Waals surface area contributed by atoms with E-state index in [0.29, 0.717) is 5.69 Å². The van der Waals surface area contributed by atoms with E-state index in [1.165, 1.54) is 6.07 Å². The summed E-state index contributed by atoms with van der Waals surface area (Å²) in [7, 11) is 0. The molecule has 1 saturated carbocycles. The maximum absolute atomic E-state index is 12.6. The number of rotatable bonds is 3. The predicted octanol–water partition coefficient (Wildman–Crippen LogP) is 3.85. The third-order valence-corrected chi connectivity index (χ3v) is 4.58. The summed E-state index contributed by atoms with van der Waals surface area (Å²) in [6.07, 6.45) is 4.11. The van der Waals surface area contributed by atoms with Crippen LogP contribution in [0.4, 0.5) is 5.69 Å². The van der Waals surface area contributed by atoms with Gasteiger partial charge in [-0.2, -0.15) is 0 Å². The Kier molecular flexibility index (Phi) is 4.35. The topological polar surface area (TPSA) is 66.4 Å². The third kappa shape index (κ3) is 3.26. The monoisotopic (exact) mass is 289 g/mol. The van der Waals surface area contributed by atoms with Crippen LogP contribution in [0.1, 0.15) is 55.5 Å². The van der Waals surface area contributed by atoms with Gasteiger partial charge in [-0.1, -0.05) is 38.8 Å². The van der Waals surface area contributed by atoms with Crippen molar-refractivity contribution < 1.29 is 14.7 Å². The number of aryl methyl sites for hydroxylation is 1. The first-order chi connectivity index (χ1) is 9.83. The van der Waals surface area contributed by atoms with Crippen LogP contribution >= 0.6 is 0 Å². The Morgan fingerprint density at radius 1 is 1.29 bits per heavy atom. The van der Waals surface area contributed by atoms with Crippen molar-refractivity contribution >= 4 is 17.6 Å². The molecule has 4 nitrogen and oxygen atoms in total. The van der Waals surface area contributed by atoms with E-state index in [1.54, 1.807) is 6.07 Å². The molecule has 1 atom stereocenters. The van der Waals surface area contributed by atoms with E-state index in [0.717, 1.165) is 31.2 Å². The lowest BCUT2D eigenvalue weighted by Gasteiger charge is -2.37. The Balaban J connectivity index is 2.26. The molecule has 1 unspecified atom stereocenters. The zero-order valence-corrected chi connectivity index (χ0v) is 12.9. The van der Waals surface area contributed by atoms with Crippen LogP contribution < -0.4 is 5.32 Å². The molecule has 0 radical (unpaired) electrons. The molecule has 0 aromatic heterocycles. The Labute approximate surface area is 125 Å². The fraction of sp³-hybridized carbons (Fsp3) is 0.529. The Morgan fingerprint density at radius 2 is 2.00 bits per heavy atom. The number of carbonyl (C=O) groups is 2. The lowest BCUT2D eigenvalue weighted by Crippen LogP contribution is -2.37. The van der Waals surface area contributed by atoms with E-state index in [-0.39, 0.29) is 22.8 Å². The number of aromatic carboxylic acids is 1. The minimum Gasteiger partial charge on any atom is -0.478 e. The molecule has 1 amide bonds. The van der Waals surface area contributed by atoms with Gasteiger partial charge in [0.2, 0.25) is 5.91 Å². The zero-order chi connectivity index (χ0) is 15.6. The summed E-state index contributed by atoms with van der Waals surface area (Å²) in [6, 6.07) is 5.03. The van der Waals surface area contributed by atoms with Gasteiger partial charge in [0.1, 0.15) is 0 Å². The maximum Gasteiger partial charge on any atom is 0.337 e. The van der Waals surface area contributed by atoms with Gasteiger partial charge in [0.05, 0.1) is 11.3 Å². The van der Waals surface area contributed by atoms with Gasteiger partial charge in [0.25, 0.3) is 0 Å². The molecule has 1 fully saturated rings. The van der Waals surface area contributed by atoms with Crippen LogP contribution in [0.5, 0.6) is 0 Å². The highest BCUT2D eigenvalue weighted by atomic mass is 16.4. The van der Waals surface area contributed by atoms with Crippen LogP contribution in [0.3, 0.4) is 0 Å². The van der Waals surface area contributed by atoms with E-state index in [2.05, 4.69) is 19.2 Å². The van der Waals surface area contributed by atoms with Gasteiger partial charge >= 0.3 is 5.97 Å². The molecule has 4 heteroatoms. The smallest absolute Gasteiger partial charge is 0.337 e. The molecule has 1 aromatic carbocycles. The summed E-state index contributed by atoms with van der Waals surface area (Å²) in [5.74, 6) is -1.14. The predicted molar refractivity (Wildman–Crippen MR) is 82.5 cm³/mol. The van der Waals surface area contributed by atoms with Crippen molar-refractivity contribution in [3.8, 4) is 0 Å². The largest absolute Gasteiger partial charge is 0.478 e. The van der Waals surface area contributed by atoms with Crippen LogP contribution in [-0.4, -0.2) is 17.0 Å². The molecular formula is C17H23NO3. The van der Waals surface area contributed by atoms with Crippen molar-refractivity contribution in [1.82, 2.24) is 0 Å². The van der Waals surface area contributed by atoms with E-state index in [4.69, 9.17) is 0 Å². The first-order valence-corrected chi connectivity index (χ1v) is 7.47. The number of carboxylic acid groups (broad SMARTS) is 1. The molecule has 0 spiro atoms. The number of benzene rings is 1. The molecule has 0 saturated heterocycles. The van der Waals surface area contributed by atoms with E-state index in [1.807, 2.05) is 13.0 Å². The van der Waals surface area contributed by atoms with Crippen LogP contribution in [0.2, 0.25) is 0 Å². The van der Waals surface area contributed by atoms with Gasteiger partial charge in [0.15, 0.2) is 0 Å². The molecule has 0 heterocycles. The molecule has 1 aliphatic carbocycles. The normalized spacial score (nSPS) is 20.8. The quantitative estimate of drug-likeness (QED) is 0.888. The first kappa shape index (κ1) is 15.5. The molecule has 1 aromatic rings. The third-order valence-electron chi connectivity index (χ3n) is 4.58. The molecule has 2 rings (SSSR count). The number of carboxylic acids is 1. The fourth-order valence-corrected chi connectivity index (χ4v) is 3.20. The van der Waals surface area contributed by atoms with Crippen LogP contribution in [0.15, 0.2) is 18.2 Å². The standard InChI is InChI=1S/C17H23NO3/c1-11-7-6-8-12(16(20)21)14(11)18-15(19)13-9-4-5-10-17(13,2)3/h6-8,13H,4-5,9-10H2,1-3H3,(H,18,19)(H,20,21). The molecule has 114 valence electrons. The Morgan fingerprint density at radius 3 is 2.62 bits per heavy atom. The lowest BCUT2D eigenvalue weighted by molar-refractivity contribution is -0.124. The Hall–Kier alpha value is -1.84. The van der Waals surface area contributed by atoms with E-state index in [9.17, 15) is 14.7 Å². The van der Waals surface area contributed by atoms with Crippen molar-refractivity contribution in [1.29, 1.82) is 0 Å². The molecule has 21 heavy (non-hydrogen) atoms. The maximum atomic E-state index is 12.6. The summed E-state index contributed by atoms with van der Waals surface area (Å²) >= 11 is 0. The number of carbonyl (C=O) groups excluding carboxylic acids is 1. The number of hydrogen-bond acceptors (Lipinski definition) is 2. The van der Waals surface area contributed by atoms with Crippen molar-refractivity contribution in [2.45, 2.75) is 46.5 Å². The summed E-state index contributed by atoms with van der Waals surface area (Å²) in [4.78, 5) is 23.9. The lowest BCUT2D eigenvalue weighted by atomic mass is 9.68. The van der Waals surface area contributed by atoms with Crippen molar-refractivity contribution in [2.75, 3.05) is 5.32 Å². The van der Waals surface area contributed by atoms with Gasteiger partial charge in [-0.3, -0.25) is 4.79 Å². The number of hydrogen-bond donors (Lipinski definition) is 2. The van der Waals surface area contributed by atoms with Gasteiger partial charge in [-0.05, 0) is 36.8 Å². The van der Waals surface area contributed by atoms with Gasteiger partial charge in [-0.15, -0.1) is 0 Å². The molecule has 2 N–H and O–H groups in total. The molecule has 1 aliphatic rings. The number of amides is 1. The number of para-hydroxylation sites is 1. The summed E-state index contributed by atoms with van der Waals surface area (Å²) < 4.78 is 0. The van der Waals surface area contributed by atoms with Crippen molar-refractivity contribution in [2.24, 2.45) is 11.3 Å². The highest BCUT2D eigenvalue weighted by Crippen LogP contribution is 2.41. The highest BCUT2D eigenvalue weighted by molar-refractivity contribution is 6.02. The SMILES string of the molecule is Cc1cccc(C(=O)O)c1NC(=O)C1CCCCC1(C)C. The van der Waals surface area contributed by atoms with Gasteiger partial charge in [-0.25, -0.2) is 4.79 Å². The summed E-state index contributed by atoms with van der Waals surface area (Å²) in [5, 5.41) is 12.1. The zero-order valence-electron chi connectivity index (χ0n) is 12.9. The molecular weight excluding hydrogens is 266 g/mol. The second-order valence-corrected chi connectivity index (χ2v) is 6.58. The fourth-order valence-electron chi connectivity index (χ4n) is 3.20. The Bertz CT molecular complexity index is 563. The van der Waals surface area contributed by atoms with Gasteiger partial charge < -0.3 is 10.4 Å². The second-order valence-electron chi connectivity index (χ2n) is 6.58. The molecule has 0 aliphatic heterocycles. The van der Waals surface area contributed by atoms with E-state index >= 15 is 0 Å². The first-order valence-electron chi connectivity index (χ1n) is 7.47. The van der Waals surface area contributed by atoms with Crippen LogP contribution in [0, 0.1) is 18.3 Å². The van der Waals surface area contributed by atoms with Crippen LogP contribution in [0.25, 0.3) is 0 Å².